The molecule has 0 fully saturated rings. The van der Waals surface area contributed by atoms with Gasteiger partial charge >= 0.3 is 5.97 Å². The van der Waals surface area contributed by atoms with Gasteiger partial charge in [-0.15, -0.1) is 0 Å². The molecule has 0 N–H and O–H groups in total. The van der Waals surface area contributed by atoms with Crippen LogP contribution in [-0.2, 0) is 22.5 Å². The summed E-state index contributed by atoms with van der Waals surface area (Å²) in [6, 6.07) is 19.7. The number of amides is 1. The second kappa shape index (κ2) is 10.1. The van der Waals surface area contributed by atoms with Crippen LogP contribution in [0.4, 0.5) is 0 Å². The van der Waals surface area contributed by atoms with Gasteiger partial charge in [0.2, 0.25) is 0 Å². The van der Waals surface area contributed by atoms with Crippen molar-refractivity contribution in [2.24, 2.45) is 0 Å². The molecular formula is C23H23N3O3. The van der Waals surface area contributed by atoms with Crippen molar-refractivity contribution < 1.29 is 14.3 Å². The van der Waals surface area contributed by atoms with Crippen LogP contribution in [0.25, 0.3) is 0 Å². The second-order valence-corrected chi connectivity index (χ2v) is 6.66. The van der Waals surface area contributed by atoms with E-state index < -0.39 is 5.97 Å². The van der Waals surface area contributed by atoms with E-state index in [2.05, 4.69) is 9.97 Å². The van der Waals surface area contributed by atoms with Crippen molar-refractivity contribution in [3.63, 3.8) is 0 Å². The number of aromatic nitrogens is 2. The monoisotopic (exact) mass is 389 g/mol. The minimum atomic E-state index is -0.659. The molecule has 0 radical (unpaired) electrons. The highest BCUT2D eigenvalue weighted by Gasteiger charge is 2.18. The smallest absolute Gasteiger partial charge is 0.359 e. The summed E-state index contributed by atoms with van der Waals surface area (Å²) in [6.07, 6.45) is 3.55. The molecule has 0 spiro atoms. The summed E-state index contributed by atoms with van der Waals surface area (Å²) >= 11 is 0. The number of hydrogen-bond donors (Lipinski definition) is 0. The van der Waals surface area contributed by atoms with Crippen LogP contribution >= 0.6 is 0 Å². The molecule has 1 heterocycles. The van der Waals surface area contributed by atoms with E-state index in [1.54, 1.807) is 11.8 Å². The van der Waals surface area contributed by atoms with Crippen molar-refractivity contribution in [1.82, 2.24) is 14.9 Å². The molecule has 29 heavy (non-hydrogen) atoms. The normalized spacial score (nSPS) is 10.4. The van der Waals surface area contributed by atoms with Crippen molar-refractivity contribution in [3.8, 4) is 0 Å². The van der Waals surface area contributed by atoms with Gasteiger partial charge in [0.15, 0.2) is 12.3 Å². The second-order valence-electron chi connectivity index (χ2n) is 6.66. The van der Waals surface area contributed by atoms with E-state index in [1.165, 1.54) is 12.4 Å². The average molecular weight is 389 g/mol. The zero-order valence-electron chi connectivity index (χ0n) is 16.3. The summed E-state index contributed by atoms with van der Waals surface area (Å²) in [5.74, 6) is -0.910. The van der Waals surface area contributed by atoms with Gasteiger partial charge in [0.25, 0.3) is 5.91 Å². The minimum absolute atomic E-state index is 0.0855. The first-order chi connectivity index (χ1) is 14.1. The van der Waals surface area contributed by atoms with Gasteiger partial charge in [-0.25, -0.2) is 9.78 Å². The molecule has 1 aromatic heterocycles. The first kappa shape index (κ1) is 20.2. The SMILES string of the molecule is Cc1cnc(C(=O)OCC(=O)N(CCc2ccccc2)Cc2ccccc2)cn1. The fourth-order valence-electron chi connectivity index (χ4n) is 2.79. The fraction of sp³-hybridized carbons (Fsp3) is 0.217. The summed E-state index contributed by atoms with van der Waals surface area (Å²) in [4.78, 5) is 34.6. The molecule has 0 aliphatic rings. The van der Waals surface area contributed by atoms with Crippen LogP contribution in [0.3, 0.4) is 0 Å². The summed E-state index contributed by atoms with van der Waals surface area (Å²) in [7, 11) is 0. The zero-order valence-corrected chi connectivity index (χ0v) is 16.3. The van der Waals surface area contributed by atoms with Gasteiger partial charge in [0, 0.05) is 19.3 Å². The van der Waals surface area contributed by atoms with E-state index in [1.807, 2.05) is 60.7 Å². The molecule has 6 heteroatoms. The van der Waals surface area contributed by atoms with E-state index in [9.17, 15) is 9.59 Å². The van der Waals surface area contributed by atoms with Crippen molar-refractivity contribution in [2.75, 3.05) is 13.2 Å². The topological polar surface area (TPSA) is 72.4 Å². The Morgan fingerprint density at radius 2 is 1.55 bits per heavy atom. The molecule has 2 aromatic carbocycles. The highest BCUT2D eigenvalue weighted by molar-refractivity contribution is 5.89. The van der Waals surface area contributed by atoms with Gasteiger partial charge < -0.3 is 9.64 Å². The van der Waals surface area contributed by atoms with Gasteiger partial charge in [-0.3, -0.25) is 9.78 Å². The van der Waals surface area contributed by atoms with Crippen molar-refractivity contribution in [1.29, 1.82) is 0 Å². The van der Waals surface area contributed by atoms with Crippen molar-refractivity contribution in [3.05, 3.63) is 95.6 Å². The summed E-state index contributed by atoms with van der Waals surface area (Å²) < 4.78 is 5.17. The first-order valence-electron chi connectivity index (χ1n) is 9.43. The van der Waals surface area contributed by atoms with E-state index in [0.29, 0.717) is 18.8 Å². The number of aryl methyl sites for hydroxylation is 1. The molecule has 0 atom stereocenters. The largest absolute Gasteiger partial charge is 0.451 e. The minimum Gasteiger partial charge on any atom is -0.451 e. The Morgan fingerprint density at radius 1 is 0.897 bits per heavy atom. The number of esters is 1. The number of carbonyl (C=O) groups excluding carboxylic acids is 2. The lowest BCUT2D eigenvalue weighted by Crippen LogP contribution is -2.36. The molecule has 6 nitrogen and oxygen atoms in total. The van der Waals surface area contributed by atoms with Gasteiger partial charge in [-0.2, -0.15) is 0 Å². The number of nitrogens with zero attached hydrogens (tertiary/aromatic N) is 3. The first-order valence-corrected chi connectivity index (χ1v) is 9.43. The Hall–Kier alpha value is -3.54. The van der Waals surface area contributed by atoms with E-state index in [4.69, 9.17) is 4.74 Å². The number of ether oxygens (including phenoxy) is 1. The molecule has 0 saturated carbocycles. The van der Waals surface area contributed by atoms with Gasteiger partial charge in [0.05, 0.1) is 11.9 Å². The molecule has 0 saturated heterocycles. The van der Waals surface area contributed by atoms with Gasteiger partial charge in [-0.05, 0) is 24.5 Å². The Bertz CT molecular complexity index is 929. The molecule has 0 bridgehead atoms. The highest BCUT2D eigenvalue weighted by atomic mass is 16.5. The molecule has 148 valence electrons. The summed E-state index contributed by atoms with van der Waals surface area (Å²) in [5.41, 5.74) is 2.95. The van der Waals surface area contributed by atoms with Crippen LogP contribution in [-0.4, -0.2) is 39.9 Å². The Balaban J connectivity index is 1.62. The quantitative estimate of drug-likeness (QED) is 0.553. The number of hydrogen-bond acceptors (Lipinski definition) is 5. The number of benzene rings is 2. The lowest BCUT2D eigenvalue weighted by atomic mass is 10.1. The fourth-order valence-corrected chi connectivity index (χ4v) is 2.79. The average Bonchev–Trinajstić information content (AvgIpc) is 2.76. The third kappa shape index (κ3) is 6.24. The Kier molecular flexibility index (Phi) is 7.05. The zero-order chi connectivity index (χ0) is 20.5. The van der Waals surface area contributed by atoms with E-state index >= 15 is 0 Å². The molecule has 3 rings (SSSR count). The highest BCUT2D eigenvalue weighted by Crippen LogP contribution is 2.08. The maximum atomic E-state index is 12.8. The number of carbonyl (C=O) groups is 2. The lowest BCUT2D eigenvalue weighted by molar-refractivity contribution is -0.135. The standard InChI is InChI=1S/C23H23N3O3/c1-18-14-25-21(15-24-18)23(28)29-17-22(27)26(16-20-10-6-3-7-11-20)13-12-19-8-4-2-5-9-19/h2-11,14-15H,12-13,16-17H2,1H3. The van der Waals surface area contributed by atoms with Crippen LogP contribution in [0.2, 0.25) is 0 Å². The van der Waals surface area contributed by atoms with Crippen LogP contribution < -0.4 is 0 Å². The van der Waals surface area contributed by atoms with Crippen molar-refractivity contribution >= 4 is 11.9 Å². The molecule has 3 aromatic rings. The van der Waals surface area contributed by atoms with Crippen LogP contribution in [0, 0.1) is 6.92 Å². The summed E-state index contributed by atoms with van der Waals surface area (Å²) in [6.45, 7) is 2.42. The predicted octanol–water partition coefficient (Wildman–Crippen LogP) is 3.21. The molecular weight excluding hydrogens is 366 g/mol. The van der Waals surface area contributed by atoms with Gasteiger partial charge in [0.1, 0.15) is 0 Å². The van der Waals surface area contributed by atoms with Crippen LogP contribution in [0.5, 0.6) is 0 Å². The maximum absolute atomic E-state index is 12.8. The Morgan fingerprint density at radius 3 is 2.17 bits per heavy atom. The van der Waals surface area contributed by atoms with Crippen molar-refractivity contribution in [2.45, 2.75) is 19.9 Å². The van der Waals surface area contributed by atoms with E-state index in [-0.39, 0.29) is 18.2 Å². The third-order valence-corrected chi connectivity index (χ3v) is 4.40. The third-order valence-electron chi connectivity index (χ3n) is 4.40. The molecule has 0 unspecified atom stereocenters. The molecule has 1 amide bonds. The summed E-state index contributed by atoms with van der Waals surface area (Å²) in [5, 5.41) is 0. The van der Waals surface area contributed by atoms with E-state index in [0.717, 1.165) is 17.5 Å². The van der Waals surface area contributed by atoms with Gasteiger partial charge in [-0.1, -0.05) is 60.7 Å². The molecule has 0 aliphatic carbocycles. The maximum Gasteiger partial charge on any atom is 0.359 e. The Labute approximate surface area is 170 Å². The lowest BCUT2D eigenvalue weighted by Gasteiger charge is -2.23. The molecule has 0 aliphatic heterocycles. The predicted molar refractivity (Wildman–Crippen MR) is 109 cm³/mol. The van der Waals surface area contributed by atoms with Crippen LogP contribution in [0.15, 0.2) is 73.1 Å². The number of rotatable bonds is 8. The van der Waals surface area contributed by atoms with Crippen LogP contribution in [0.1, 0.15) is 27.3 Å².